The molecule has 0 aromatic heterocycles. The van der Waals surface area contributed by atoms with Crippen LogP contribution in [0.25, 0.3) is 0 Å². The molecular weight excluding hydrogens is 532 g/mol. The summed E-state index contributed by atoms with van der Waals surface area (Å²) >= 11 is 0. The maximum Gasteiger partial charge on any atom is 0.411 e. The van der Waals surface area contributed by atoms with Gasteiger partial charge >= 0.3 is 29.8 Å². The number of halogens is 4. The lowest BCUT2D eigenvalue weighted by atomic mass is 10.1. The lowest BCUT2D eigenvalue weighted by molar-refractivity contribution is -0.141. The number of benzene rings is 3. The van der Waals surface area contributed by atoms with E-state index >= 15 is 0 Å². The Morgan fingerprint density at radius 2 is 1.35 bits per heavy atom. The van der Waals surface area contributed by atoms with Crippen LogP contribution in [-0.2, 0) is 32.8 Å². The Morgan fingerprint density at radius 3 is 1.90 bits per heavy atom. The maximum atomic E-state index is 14.1. The van der Waals surface area contributed by atoms with Crippen molar-refractivity contribution < 1.29 is 36.7 Å². The molecule has 12 heteroatoms. The molecule has 0 saturated heterocycles. The molecule has 8 nitrogen and oxygen atoms in total. The Balaban J connectivity index is 0.000000210. The number of hydrogen-bond donors (Lipinski definition) is 2. The lowest BCUT2D eigenvalue weighted by Gasteiger charge is -2.14. The summed E-state index contributed by atoms with van der Waals surface area (Å²) in [4.78, 5) is 37.1. The minimum absolute atomic E-state index is 0.0653. The molecule has 2 aliphatic heterocycles. The monoisotopic (exact) mass is 558 g/mol. The van der Waals surface area contributed by atoms with Gasteiger partial charge in [0.15, 0.2) is 0 Å². The molecule has 3 aromatic carbocycles. The van der Waals surface area contributed by atoms with E-state index in [9.17, 15) is 31.9 Å². The quantitative estimate of drug-likeness (QED) is 0.313. The smallest absolute Gasteiger partial charge is 0.411 e. The summed E-state index contributed by atoms with van der Waals surface area (Å²) in [5.74, 6) is -9.48. The number of rotatable bonds is 5. The molecule has 3 N–H and O–H groups in total. The van der Waals surface area contributed by atoms with Gasteiger partial charge in [-0.2, -0.15) is 17.6 Å². The van der Waals surface area contributed by atoms with Crippen LogP contribution in [0.3, 0.4) is 0 Å². The Kier molecular flexibility index (Phi) is 7.72. The lowest BCUT2D eigenvalue weighted by Crippen LogP contribution is -2.34. The van der Waals surface area contributed by atoms with Crippen LogP contribution < -0.4 is 20.9 Å². The van der Waals surface area contributed by atoms with Crippen LogP contribution in [0.15, 0.2) is 66.7 Å². The van der Waals surface area contributed by atoms with Crippen molar-refractivity contribution in [3.05, 3.63) is 83.4 Å². The van der Waals surface area contributed by atoms with Crippen LogP contribution >= 0.6 is 0 Å². The van der Waals surface area contributed by atoms with E-state index < -0.39 is 35.3 Å². The van der Waals surface area contributed by atoms with Gasteiger partial charge in [0, 0.05) is 24.5 Å². The third-order valence-electron chi connectivity index (χ3n) is 6.39. The van der Waals surface area contributed by atoms with Crippen molar-refractivity contribution in [1.82, 2.24) is 0 Å². The van der Waals surface area contributed by atoms with Crippen LogP contribution in [0, 0.1) is 0 Å². The molecule has 0 radical (unpaired) electrons. The van der Waals surface area contributed by atoms with Gasteiger partial charge in [-0.15, -0.1) is 0 Å². The number of carbonyl (C=O) groups excluding carboxylic acids is 3. The number of likely N-dealkylation sites (N-methyl/N-ethyl adjacent to an activating group) is 2. The standard InChI is InChI=1S/C18H16F2N2O3.C10H10F2N2O/c1-2-22-15-9-8-13(10-14(15)18(19,20)16(22)23)21-17(24)25-11-12-6-4-3-5-7-12;1-2-14-8-4-3-6(13)5-7(8)10(11,12)9(14)15/h3-10H,2,11H2,1H3,(H,21,24);3-5H,2,13H2,1H3. The molecule has 0 bridgehead atoms. The number of nitrogens with one attached hydrogen (secondary N) is 1. The fourth-order valence-corrected chi connectivity index (χ4v) is 4.43. The number of hydrogen-bond acceptors (Lipinski definition) is 5. The number of anilines is 4. The average molecular weight is 559 g/mol. The summed E-state index contributed by atoms with van der Waals surface area (Å²) < 4.78 is 60.3. The van der Waals surface area contributed by atoms with Crippen molar-refractivity contribution in [2.45, 2.75) is 32.3 Å². The minimum atomic E-state index is -3.60. The van der Waals surface area contributed by atoms with Gasteiger partial charge in [0.25, 0.3) is 0 Å². The number of ether oxygens (including phenoxy) is 1. The summed E-state index contributed by atoms with van der Waals surface area (Å²) in [6.45, 7) is 3.71. The molecule has 0 fully saturated rings. The van der Waals surface area contributed by atoms with Gasteiger partial charge in [-0.25, -0.2) is 4.79 Å². The predicted octanol–water partition coefficient (Wildman–Crippen LogP) is 5.62. The average Bonchev–Trinajstić information content (AvgIpc) is 3.25. The van der Waals surface area contributed by atoms with Crippen molar-refractivity contribution in [1.29, 1.82) is 0 Å². The number of carbonyl (C=O) groups is 3. The highest BCUT2D eigenvalue weighted by Crippen LogP contribution is 2.46. The molecule has 2 heterocycles. The Bertz CT molecular complexity index is 1450. The second-order valence-electron chi connectivity index (χ2n) is 8.94. The highest BCUT2D eigenvalue weighted by atomic mass is 19.3. The SMILES string of the molecule is CCN1C(=O)C(F)(F)c2cc(N)ccc21.CCN1C(=O)C(F)(F)c2cc(NC(=O)OCc3ccccc3)ccc21. The Morgan fingerprint density at radius 1 is 0.825 bits per heavy atom. The summed E-state index contributed by atoms with van der Waals surface area (Å²) in [6, 6.07) is 17.1. The van der Waals surface area contributed by atoms with E-state index in [0.717, 1.165) is 27.5 Å². The van der Waals surface area contributed by atoms with Crippen molar-refractivity contribution >= 4 is 40.7 Å². The first-order valence-electron chi connectivity index (χ1n) is 12.3. The second kappa shape index (κ2) is 10.9. The fourth-order valence-electron chi connectivity index (χ4n) is 4.43. The van der Waals surface area contributed by atoms with E-state index in [0.29, 0.717) is 0 Å². The molecule has 0 atom stereocenters. The van der Waals surface area contributed by atoms with E-state index in [1.54, 1.807) is 26.0 Å². The van der Waals surface area contributed by atoms with Gasteiger partial charge in [-0.05, 0) is 55.8 Å². The van der Waals surface area contributed by atoms with Crippen molar-refractivity contribution in [2.75, 3.05) is 33.9 Å². The highest BCUT2D eigenvalue weighted by molar-refractivity contribution is 6.07. The summed E-state index contributed by atoms with van der Waals surface area (Å²) in [5, 5.41) is 2.40. The molecule has 5 rings (SSSR count). The zero-order chi connectivity index (χ0) is 29.2. The molecule has 0 saturated carbocycles. The third kappa shape index (κ3) is 5.16. The first-order chi connectivity index (χ1) is 18.9. The predicted molar refractivity (Wildman–Crippen MR) is 141 cm³/mol. The molecule has 210 valence electrons. The summed E-state index contributed by atoms with van der Waals surface area (Å²) in [6.07, 6.45) is -0.760. The molecule has 40 heavy (non-hydrogen) atoms. The molecule has 0 unspecified atom stereocenters. The van der Waals surface area contributed by atoms with E-state index in [2.05, 4.69) is 5.32 Å². The molecular formula is C28H26F4N4O4. The van der Waals surface area contributed by atoms with Gasteiger partial charge in [-0.3, -0.25) is 14.9 Å². The first kappa shape index (κ1) is 28.4. The van der Waals surface area contributed by atoms with Crippen LogP contribution in [0.2, 0.25) is 0 Å². The van der Waals surface area contributed by atoms with E-state index in [4.69, 9.17) is 10.5 Å². The van der Waals surface area contributed by atoms with Gasteiger partial charge in [0.2, 0.25) is 0 Å². The fraction of sp³-hybridized carbons (Fsp3) is 0.250. The number of amides is 3. The van der Waals surface area contributed by atoms with Gasteiger partial charge in [0.1, 0.15) is 6.61 Å². The maximum absolute atomic E-state index is 14.1. The molecule has 2 aliphatic rings. The Labute approximate surface area is 227 Å². The second-order valence-corrected chi connectivity index (χ2v) is 8.94. The van der Waals surface area contributed by atoms with E-state index in [-0.39, 0.29) is 48.0 Å². The van der Waals surface area contributed by atoms with Crippen molar-refractivity contribution in [3.63, 3.8) is 0 Å². The summed E-state index contributed by atoms with van der Waals surface area (Å²) in [7, 11) is 0. The van der Waals surface area contributed by atoms with Gasteiger partial charge in [0.05, 0.1) is 22.5 Å². The normalized spacial score (nSPS) is 16.1. The zero-order valence-electron chi connectivity index (χ0n) is 21.6. The van der Waals surface area contributed by atoms with E-state index in [1.165, 1.54) is 24.3 Å². The number of nitrogens with zero attached hydrogens (tertiary/aromatic N) is 2. The van der Waals surface area contributed by atoms with Gasteiger partial charge in [-0.1, -0.05) is 30.3 Å². The third-order valence-corrected chi connectivity index (χ3v) is 6.39. The largest absolute Gasteiger partial charge is 0.444 e. The van der Waals surface area contributed by atoms with Crippen LogP contribution in [0.4, 0.5) is 45.1 Å². The van der Waals surface area contributed by atoms with Crippen LogP contribution in [-0.4, -0.2) is 31.0 Å². The van der Waals surface area contributed by atoms with Crippen molar-refractivity contribution in [2.24, 2.45) is 0 Å². The Hall–Kier alpha value is -4.61. The van der Waals surface area contributed by atoms with Crippen LogP contribution in [0.1, 0.15) is 30.5 Å². The zero-order valence-corrected chi connectivity index (χ0v) is 21.6. The van der Waals surface area contributed by atoms with E-state index in [1.807, 2.05) is 18.2 Å². The summed E-state index contributed by atoms with van der Waals surface area (Å²) in [5.41, 5.74) is 6.30. The highest BCUT2D eigenvalue weighted by Gasteiger charge is 2.53. The topological polar surface area (TPSA) is 105 Å². The first-order valence-corrected chi connectivity index (χ1v) is 12.3. The number of fused-ring (bicyclic) bond motifs is 2. The number of alkyl halides is 4. The molecule has 3 amide bonds. The van der Waals surface area contributed by atoms with Gasteiger partial charge < -0.3 is 20.3 Å². The van der Waals surface area contributed by atoms with Crippen molar-refractivity contribution in [3.8, 4) is 0 Å². The molecule has 0 spiro atoms. The van der Waals surface area contributed by atoms with Crippen LogP contribution in [0.5, 0.6) is 0 Å². The molecule has 3 aromatic rings. The molecule has 0 aliphatic carbocycles. The number of nitrogens with two attached hydrogens (primary N) is 1. The minimum Gasteiger partial charge on any atom is -0.444 e. The number of nitrogen functional groups attached to an aromatic ring is 1.